The van der Waals surface area contributed by atoms with Gasteiger partial charge in [0.15, 0.2) is 0 Å². The van der Waals surface area contributed by atoms with Crippen LogP contribution in [-0.2, 0) is 14.0 Å². The van der Waals surface area contributed by atoms with Crippen LogP contribution in [0.2, 0.25) is 0 Å². The molecule has 1 aromatic rings. The molecule has 26 heavy (non-hydrogen) atoms. The fraction of sp³-hybridized carbons (Fsp3) is 0.684. The minimum Gasteiger partial charge on any atom is -0.444 e. The highest BCUT2D eigenvalue weighted by Crippen LogP contribution is 2.28. The van der Waals surface area contributed by atoms with Crippen molar-refractivity contribution in [2.45, 2.75) is 52.6 Å². The van der Waals surface area contributed by atoms with E-state index in [1.165, 1.54) is 0 Å². The van der Waals surface area contributed by atoms with Crippen LogP contribution >= 0.6 is 0 Å². The highest BCUT2D eigenvalue weighted by molar-refractivity contribution is 6.60. The first-order valence-electron chi connectivity index (χ1n) is 9.30. The van der Waals surface area contributed by atoms with Gasteiger partial charge < -0.3 is 18.9 Å². The van der Waals surface area contributed by atoms with Gasteiger partial charge in [0, 0.05) is 43.8 Å². The van der Waals surface area contributed by atoms with Gasteiger partial charge in [-0.15, -0.1) is 0 Å². The van der Waals surface area contributed by atoms with Crippen molar-refractivity contribution in [3.8, 4) is 0 Å². The van der Waals surface area contributed by atoms with E-state index < -0.39 is 12.7 Å². The molecule has 1 atom stereocenters. The van der Waals surface area contributed by atoms with Gasteiger partial charge in [-0.3, -0.25) is 4.98 Å². The van der Waals surface area contributed by atoms with Crippen LogP contribution < -0.4 is 5.59 Å². The van der Waals surface area contributed by atoms with Crippen LogP contribution in [0.1, 0.15) is 52.5 Å². The fourth-order valence-electron chi connectivity index (χ4n) is 3.24. The lowest BCUT2D eigenvalue weighted by Gasteiger charge is -2.32. The Hall–Kier alpha value is -1.60. The highest BCUT2D eigenvalue weighted by Gasteiger charge is 2.35. The molecule has 1 unspecified atom stereocenters. The first kappa shape index (κ1) is 19.2. The molecule has 0 N–H and O–H groups in total. The second-order valence-electron chi connectivity index (χ2n) is 9.04. The molecule has 3 rings (SSSR count). The van der Waals surface area contributed by atoms with Gasteiger partial charge in [-0.05, 0) is 44.9 Å². The van der Waals surface area contributed by atoms with E-state index in [4.69, 9.17) is 14.0 Å². The molecule has 0 aromatic carbocycles. The summed E-state index contributed by atoms with van der Waals surface area (Å²) in [6, 6.07) is 4.06. The van der Waals surface area contributed by atoms with Gasteiger partial charge in [0.25, 0.3) is 0 Å². The quantitative estimate of drug-likeness (QED) is 0.759. The maximum Gasteiger partial charge on any atom is 0.513 e. The van der Waals surface area contributed by atoms with Crippen molar-refractivity contribution >= 4 is 18.8 Å². The number of pyridine rings is 1. The molecule has 142 valence electrons. The third-order valence-corrected chi connectivity index (χ3v) is 4.61. The minimum atomic E-state index is -0.470. The summed E-state index contributed by atoms with van der Waals surface area (Å²) in [7, 11) is -0.411. The first-order valence-corrected chi connectivity index (χ1v) is 9.30. The molecule has 0 radical (unpaired) electrons. The number of carbonyl (C=O) groups is 1. The molecule has 6 nitrogen and oxygen atoms in total. The van der Waals surface area contributed by atoms with Crippen molar-refractivity contribution in [2.75, 3.05) is 26.3 Å². The van der Waals surface area contributed by atoms with Crippen molar-refractivity contribution in [1.82, 2.24) is 9.88 Å². The Morgan fingerprint density at radius 2 is 2.04 bits per heavy atom. The van der Waals surface area contributed by atoms with E-state index >= 15 is 0 Å². The fourth-order valence-corrected chi connectivity index (χ4v) is 3.24. The van der Waals surface area contributed by atoms with Crippen molar-refractivity contribution in [1.29, 1.82) is 0 Å². The number of amides is 1. The average Bonchev–Trinajstić information content (AvgIpc) is 3.03. The van der Waals surface area contributed by atoms with Crippen LogP contribution in [0, 0.1) is 5.41 Å². The molecule has 1 amide bonds. The highest BCUT2D eigenvalue weighted by atomic mass is 16.6. The van der Waals surface area contributed by atoms with Crippen molar-refractivity contribution in [2.24, 2.45) is 5.41 Å². The number of aromatic nitrogens is 1. The average molecular weight is 360 g/mol. The van der Waals surface area contributed by atoms with E-state index in [0.717, 1.165) is 17.6 Å². The van der Waals surface area contributed by atoms with Gasteiger partial charge in [0.1, 0.15) is 5.60 Å². The van der Waals surface area contributed by atoms with Gasteiger partial charge in [0.2, 0.25) is 0 Å². The largest absolute Gasteiger partial charge is 0.513 e. The van der Waals surface area contributed by atoms with E-state index in [-0.39, 0.29) is 17.4 Å². The van der Waals surface area contributed by atoms with Gasteiger partial charge in [0.05, 0.1) is 5.59 Å². The number of nitrogens with zero attached hydrogens (tertiary/aromatic N) is 2. The number of likely N-dealkylation sites (tertiary alicyclic amines) is 1. The smallest absolute Gasteiger partial charge is 0.444 e. The Kier molecular flexibility index (Phi) is 5.31. The summed E-state index contributed by atoms with van der Waals surface area (Å²) in [4.78, 5) is 18.5. The summed E-state index contributed by atoms with van der Waals surface area (Å²) in [5, 5.41) is 0. The predicted octanol–water partition coefficient (Wildman–Crippen LogP) is 2.57. The van der Waals surface area contributed by atoms with Crippen molar-refractivity contribution < 1.29 is 18.8 Å². The number of hydrogen-bond donors (Lipinski definition) is 0. The number of ether oxygens (including phenoxy) is 1. The molecule has 7 heteroatoms. The van der Waals surface area contributed by atoms with E-state index in [1.54, 1.807) is 11.1 Å². The SMILES string of the molecule is CC1(C)COB(c2cc(C3CCN(C(=O)OC(C)(C)C)C3)ccn2)OC1. The van der Waals surface area contributed by atoms with Crippen molar-refractivity contribution in [3.05, 3.63) is 23.9 Å². The van der Waals surface area contributed by atoms with Gasteiger partial charge in [-0.2, -0.15) is 0 Å². The Labute approximate surface area is 156 Å². The molecule has 0 saturated carbocycles. The molecule has 0 spiro atoms. The number of carbonyl (C=O) groups excluding carboxylic acids is 1. The molecular weight excluding hydrogens is 331 g/mol. The third kappa shape index (κ3) is 4.77. The molecule has 3 heterocycles. The van der Waals surface area contributed by atoms with Crippen LogP contribution in [0.25, 0.3) is 0 Å². The summed E-state index contributed by atoms with van der Waals surface area (Å²) < 4.78 is 17.2. The van der Waals surface area contributed by atoms with Crippen molar-refractivity contribution in [3.63, 3.8) is 0 Å². The Bertz CT molecular complexity index is 649. The lowest BCUT2D eigenvalue weighted by molar-refractivity contribution is 0.0292. The summed E-state index contributed by atoms with van der Waals surface area (Å²) in [5.41, 5.74) is 1.53. The van der Waals surface area contributed by atoms with Gasteiger partial charge >= 0.3 is 13.2 Å². The van der Waals surface area contributed by atoms with Crippen LogP contribution in [0.5, 0.6) is 0 Å². The lowest BCUT2D eigenvalue weighted by Crippen LogP contribution is -2.48. The second kappa shape index (κ2) is 7.20. The summed E-state index contributed by atoms with van der Waals surface area (Å²) in [6.07, 6.45) is 2.48. The van der Waals surface area contributed by atoms with Crippen LogP contribution in [-0.4, -0.2) is 55.0 Å². The maximum absolute atomic E-state index is 12.3. The van der Waals surface area contributed by atoms with Crippen LogP contribution in [0.15, 0.2) is 18.3 Å². The zero-order valence-corrected chi connectivity index (χ0v) is 16.4. The minimum absolute atomic E-state index is 0.0352. The molecular formula is C19H29BN2O4. The Morgan fingerprint density at radius 3 is 2.69 bits per heavy atom. The summed E-state index contributed by atoms with van der Waals surface area (Å²) in [6.45, 7) is 12.6. The molecule has 1 aromatic heterocycles. The standard InChI is InChI=1S/C19H29BN2O4/c1-18(2,3)26-17(23)22-9-7-15(11-22)14-6-8-21-16(10-14)20-24-12-19(4,5)13-25-20/h6,8,10,15H,7,9,11-13H2,1-5H3. The Balaban J connectivity index is 1.63. The van der Waals surface area contributed by atoms with Gasteiger partial charge in [-0.25, -0.2) is 4.79 Å². The normalized spacial score (nSPS) is 23.2. The van der Waals surface area contributed by atoms with Crippen LogP contribution in [0.3, 0.4) is 0 Å². The number of rotatable bonds is 2. The number of hydrogen-bond acceptors (Lipinski definition) is 5. The predicted molar refractivity (Wildman–Crippen MR) is 100 cm³/mol. The zero-order valence-electron chi connectivity index (χ0n) is 16.4. The molecule has 2 aliphatic heterocycles. The molecule has 0 aliphatic carbocycles. The maximum atomic E-state index is 12.3. The van der Waals surface area contributed by atoms with E-state index in [9.17, 15) is 4.79 Å². The summed E-state index contributed by atoms with van der Waals surface area (Å²) >= 11 is 0. The lowest BCUT2D eigenvalue weighted by atomic mass is 9.78. The third-order valence-electron chi connectivity index (χ3n) is 4.61. The summed E-state index contributed by atoms with van der Waals surface area (Å²) in [5.74, 6) is 0.282. The molecule has 0 bridgehead atoms. The van der Waals surface area contributed by atoms with E-state index in [2.05, 4.69) is 18.8 Å². The Morgan fingerprint density at radius 1 is 1.35 bits per heavy atom. The molecule has 2 fully saturated rings. The van der Waals surface area contributed by atoms with Crippen LogP contribution in [0.4, 0.5) is 4.79 Å². The first-order chi connectivity index (χ1) is 12.1. The second-order valence-corrected chi connectivity index (χ2v) is 9.04. The molecule has 2 saturated heterocycles. The zero-order chi connectivity index (χ0) is 18.9. The monoisotopic (exact) mass is 360 g/mol. The van der Waals surface area contributed by atoms with E-state index in [0.29, 0.717) is 26.3 Å². The van der Waals surface area contributed by atoms with Gasteiger partial charge in [-0.1, -0.05) is 13.8 Å². The topological polar surface area (TPSA) is 60.9 Å². The molecule has 2 aliphatic rings. The van der Waals surface area contributed by atoms with E-state index in [1.807, 2.05) is 32.9 Å².